The average Bonchev–Trinajstić information content (AvgIpc) is 3.29. The number of thiophene rings is 1. The maximum absolute atomic E-state index is 11.0. The second-order valence-electron chi connectivity index (χ2n) is 14.4. The van der Waals surface area contributed by atoms with Crippen LogP contribution in [0.3, 0.4) is 0 Å². The van der Waals surface area contributed by atoms with E-state index in [1.54, 1.807) is 0 Å². The van der Waals surface area contributed by atoms with Crippen molar-refractivity contribution in [2.45, 2.75) is 81.1 Å². The van der Waals surface area contributed by atoms with E-state index in [1.165, 1.54) is 42.8 Å². The van der Waals surface area contributed by atoms with Gasteiger partial charge in [0.1, 0.15) is 0 Å². The van der Waals surface area contributed by atoms with Crippen molar-refractivity contribution >= 4 is 48.1 Å². The number of fused-ring (bicyclic) bond motifs is 4. The van der Waals surface area contributed by atoms with Gasteiger partial charge in [-0.15, -0.1) is 40.5 Å². The van der Waals surface area contributed by atoms with Crippen molar-refractivity contribution in [1.82, 2.24) is 4.98 Å². The molecule has 0 amide bonds. The van der Waals surface area contributed by atoms with Crippen molar-refractivity contribution in [2.75, 3.05) is 0 Å². The third-order valence-corrected chi connectivity index (χ3v) is 8.65. The molecule has 5 rings (SSSR count). The van der Waals surface area contributed by atoms with Crippen LogP contribution in [0.5, 0.6) is 0 Å². The first kappa shape index (κ1) is 35.6. The Morgan fingerprint density at radius 1 is 0.909 bits per heavy atom. The summed E-state index contributed by atoms with van der Waals surface area (Å²) in [6.45, 7) is 21.1. The number of ketones is 1. The predicted octanol–water partition coefficient (Wildman–Crippen LogP) is 11.3. The predicted molar refractivity (Wildman–Crippen MR) is 186 cm³/mol. The Kier molecular flexibility index (Phi) is 11.4. The maximum Gasteiger partial charge on any atom is 0.161 e. The standard InChI is InChI=1S/C30H30NS.C9H16O2.Ir/c1-29(2,3)18-19-11-12-23-24-13-14-31-27(28(24)32-26(23)15-19)21-16-20-9-7-8-10-22(20)25(17-21)30(4,5)6;1-6(2)8(10)5-9(11)7(3)4;/h7-15,17H,18H2,1-6H3;5-7,10H,1-4H3;/q-1;;/b;8-5-;. The molecule has 0 aliphatic heterocycles. The van der Waals surface area contributed by atoms with Gasteiger partial charge < -0.3 is 5.11 Å². The molecule has 2 heterocycles. The third-order valence-electron chi connectivity index (χ3n) is 7.48. The summed E-state index contributed by atoms with van der Waals surface area (Å²) in [5.74, 6) is 0.161. The normalized spacial score (nSPS) is 12.5. The molecule has 0 atom stereocenters. The summed E-state index contributed by atoms with van der Waals surface area (Å²) in [5, 5.41) is 14.2. The molecular formula is C39H46IrNO2S-. The zero-order chi connectivity index (χ0) is 31.7. The van der Waals surface area contributed by atoms with Crippen LogP contribution in [-0.4, -0.2) is 15.9 Å². The molecule has 235 valence electrons. The number of hydrogen-bond acceptors (Lipinski definition) is 4. The third kappa shape index (κ3) is 8.44. The second kappa shape index (κ2) is 14.1. The average molecular weight is 785 g/mol. The SMILES string of the molecule is CC(C)(C)Cc1ccc2c(c1)sc1c(-c3[c-]c4ccccc4c(C(C)(C)C)c3)nccc12.CC(C)C(=O)/C=C(\O)C(C)C.[Ir]. The van der Waals surface area contributed by atoms with Crippen LogP contribution in [-0.2, 0) is 36.7 Å². The first-order valence-electron chi connectivity index (χ1n) is 15.3. The van der Waals surface area contributed by atoms with Crippen LogP contribution in [0.2, 0.25) is 0 Å². The van der Waals surface area contributed by atoms with Gasteiger partial charge in [0.15, 0.2) is 5.78 Å². The summed E-state index contributed by atoms with van der Waals surface area (Å²) in [4.78, 5) is 15.9. The molecule has 5 aromatic rings. The van der Waals surface area contributed by atoms with Crippen molar-refractivity contribution in [2.24, 2.45) is 17.3 Å². The minimum absolute atomic E-state index is 0. The molecule has 1 N–H and O–H groups in total. The minimum atomic E-state index is -0.0316. The Hall–Kier alpha value is -2.85. The van der Waals surface area contributed by atoms with Gasteiger partial charge in [-0.3, -0.25) is 9.78 Å². The van der Waals surface area contributed by atoms with E-state index in [0.29, 0.717) is 0 Å². The van der Waals surface area contributed by atoms with Crippen LogP contribution in [0, 0.1) is 23.3 Å². The van der Waals surface area contributed by atoms with Crippen LogP contribution in [0.1, 0.15) is 80.4 Å². The number of carbonyl (C=O) groups is 1. The molecule has 0 aliphatic rings. The maximum atomic E-state index is 11.0. The van der Waals surface area contributed by atoms with E-state index in [0.717, 1.165) is 23.1 Å². The molecule has 3 nitrogen and oxygen atoms in total. The Bertz CT molecular complexity index is 1800. The molecule has 44 heavy (non-hydrogen) atoms. The number of benzene rings is 3. The number of rotatable bonds is 5. The first-order chi connectivity index (χ1) is 20.0. The van der Waals surface area contributed by atoms with Crippen molar-refractivity contribution in [3.63, 3.8) is 0 Å². The molecule has 0 saturated heterocycles. The van der Waals surface area contributed by atoms with Crippen molar-refractivity contribution in [1.29, 1.82) is 0 Å². The molecule has 3 aromatic carbocycles. The fourth-order valence-corrected chi connectivity index (χ4v) is 6.38. The molecule has 1 radical (unpaired) electrons. The van der Waals surface area contributed by atoms with Gasteiger partial charge in [-0.05, 0) is 45.7 Å². The van der Waals surface area contributed by atoms with Gasteiger partial charge in [0.05, 0.1) is 5.76 Å². The van der Waals surface area contributed by atoms with Crippen LogP contribution >= 0.6 is 11.3 Å². The monoisotopic (exact) mass is 785 g/mol. The van der Waals surface area contributed by atoms with Gasteiger partial charge in [0.2, 0.25) is 0 Å². The van der Waals surface area contributed by atoms with Gasteiger partial charge in [0, 0.05) is 59.3 Å². The Morgan fingerprint density at radius 2 is 1.59 bits per heavy atom. The van der Waals surface area contributed by atoms with E-state index in [4.69, 9.17) is 4.98 Å². The summed E-state index contributed by atoms with van der Waals surface area (Å²) in [7, 11) is 0. The molecular weight excluding hydrogens is 739 g/mol. The topological polar surface area (TPSA) is 50.2 Å². The van der Waals surface area contributed by atoms with E-state index in [2.05, 4.69) is 102 Å². The number of allylic oxidation sites excluding steroid dienone is 2. The largest absolute Gasteiger partial charge is 0.512 e. The van der Waals surface area contributed by atoms with Gasteiger partial charge in [0.25, 0.3) is 0 Å². The molecule has 0 unspecified atom stereocenters. The fourth-order valence-electron chi connectivity index (χ4n) is 5.12. The molecule has 0 aliphatic carbocycles. The van der Waals surface area contributed by atoms with E-state index < -0.39 is 0 Å². The molecule has 0 bridgehead atoms. The van der Waals surface area contributed by atoms with Crippen LogP contribution in [0.4, 0.5) is 0 Å². The van der Waals surface area contributed by atoms with Crippen molar-refractivity contribution < 1.29 is 30.0 Å². The summed E-state index contributed by atoms with van der Waals surface area (Å²) < 4.78 is 2.59. The fraction of sp³-hybridized carbons (Fsp3) is 0.385. The van der Waals surface area contributed by atoms with Gasteiger partial charge in [-0.1, -0.05) is 111 Å². The Balaban J connectivity index is 0.000000380. The van der Waals surface area contributed by atoms with Crippen molar-refractivity contribution in [3.05, 3.63) is 89.8 Å². The molecule has 0 spiro atoms. The summed E-state index contributed by atoms with van der Waals surface area (Å²) in [6, 6.07) is 23.7. The van der Waals surface area contributed by atoms with Crippen LogP contribution < -0.4 is 0 Å². The molecule has 0 saturated carbocycles. The first-order valence-corrected chi connectivity index (χ1v) is 16.1. The van der Waals surface area contributed by atoms with Crippen molar-refractivity contribution in [3.8, 4) is 11.3 Å². The number of aromatic nitrogens is 1. The quantitative estimate of drug-likeness (QED) is 0.110. The number of pyridine rings is 1. The molecule has 0 fully saturated rings. The number of aliphatic hydroxyl groups is 1. The number of hydrogen-bond donors (Lipinski definition) is 1. The Labute approximate surface area is 281 Å². The van der Waals surface area contributed by atoms with E-state index in [1.807, 2.05) is 45.2 Å². The van der Waals surface area contributed by atoms with Gasteiger partial charge in [-0.25, -0.2) is 0 Å². The number of nitrogens with zero attached hydrogens (tertiary/aromatic N) is 1. The van der Waals surface area contributed by atoms with Gasteiger partial charge >= 0.3 is 0 Å². The number of carbonyl (C=O) groups excluding carboxylic acids is 1. The Morgan fingerprint density at radius 3 is 2.20 bits per heavy atom. The van der Waals surface area contributed by atoms with Gasteiger partial charge in [-0.2, -0.15) is 0 Å². The van der Waals surface area contributed by atoms with E-state index >= 15 is 0 Å². The second-order valence-corrected chi connectivity index (χ2v) is 15.4. The smallest absolute Gasteiger partial charge is 0.161 e. The van der Waals surface area contributed by atoms with Crippen LogP contribution in [0.25, 0.3) is 42.2 Å². The van der Waals surface area contributed by atoms with E-state index in [-0.39, 0.29) is 54.3 Å². The number of aliphatic hydroxyl groups excluding tert-OH is 1. The summed E-state index contributed by atoms with van der Waals surface area (Å²) in [6.07, 6.45) is 4.34. The zero-order valence-corrected chi connectivity index (χ0v) is 31.0. The summed E-state index contributed by atoms with van der Waals surface area (Å²) in [5.41, 5.74) is 5.19. The molecule has 5 heteroatoms. The summed E-state index contributed by atoms with van der Waals surface area (Å²) >= 11 is 1.86. The zero-order valence-electron chi connectivity index (χ0n) is 27.8. The minimum Gasteiger partial charge on any atom is -0.512 e. The van der Waals surface area contributed by atoms with Crippen LogP contribution in [0.15, 0.2) is 72.6 Å². The molecule has 2 aromatic heterocycles. The van der Waals surface area contributed by atoms with E-state index in [9.17, 15) is 9.90 Å².